The summed E-state index contributed by atoms with van der Waals surface area (Å²) < 4.78 is 5.77. The minimum Gasteiger partial charge on any atom is -0.459 e. The van der Waals surface area contributed by atoms with Crippen molar-refractivity contribution in [1.29, 1.82) is 0 Å². The molecule has 0 aromatic heterocycles. The van der Waals surface area contributed by atoms with Crippen LogP contribution in [0.3, 0.4) is 0 Å². The summed E-state index contributed by atoms with van der Waals surface area (Å²) in [6.45, 7) is 4.18. The topological polar surface area (TPSA) is 26.3 Å². The van der Waals surface area contributed by atoms with Gasteiger partial charge in [0.15, 0.2) is 0 Å². The van der Waals surface area contributed by atoms with Crippen LogP contribution in [0.5, 0.6) is 0 Å². The Morgan fingerprint density at radius 2 is 1.55 bits per heavy atom. The number of allylic oxidation sites excluding steroid dienone is 2. The third-order valence-corrected chi connectivity index (χ3v) is 5.44. The van der Waals surface area contributed by atoms with Gasteiger partial charge >= 0.3 is 5.97 Å². The first-order chi connectivity index (χ1) is 10.6. The molecule has 0 N–H and O–H groups in total. The Labute approximate surface area is 136 Å². The molecule has 126 valence electrons. The molecule has 3 aliphatic rings. The third kappa shape index (κ3) is 5.78. The molecule has 2 heterocycles. The van der Waals surface area contributed by atoms with E-state index in [1.54, 1.807) is 0 Å². The highest BCUT2D eigenvalue weighted by molar-refractivity contribution is 5.69. The van der Waals surface area contributed by atoms with E-state index in [1.165, 1.54) is 64.2 Å². The maximum Gasteiger partial charge on any atom is 0.306 e. The van der Waals surface area contributed by atoms with E-state index in [4.69, 9.17) is 4.74 Å². The third-order valence-electron chi connectivity index (χ3n) is 5.44. The van der Waals surface area contributed by atoms with Crippen molar-refractivity contribution in [3.8, 4) is 0 Å². The summed E-state index contributed by atoms with van der Waals surface area (Å²) >= 11 is 0. The van der Waals surface area contributed by atoms with Crippen LogP contribution in [-0.2, 0) is 9.53 Å². The summed E-state index contributed by atoms with van der Waals surface area (Å²) in [5.41, 5.74) is -0.285. The minimum atomic E-state index is -0.285. The van der Waals surface area contributed by atoms with Crippen molar-refractivity contribution in [2.45, 2.75) is 96.5 Å². The van der Waals surface area contributed by atoms with E-state index in [9.17, 15) is 4.79 Å². The number of ether oxygens (including phenoxy) is 1. The van der Waals surface area contributed by atoms with Gasteiger partial charge in [0.2, 0.25) is 0 Å². The molecule has 2 nitrogen and oxygen atoms in total. The Morgan fingerprint density at radius 1 is 0.955 bits per heavy atom. The van der Waals surface area contributed by atoms with Crippen LogP contribution in [0.4, 0.5) is 0 Å². The van der Waals surface area contributed by atoms with Gasteiger partial charge in [-0.2, -0.15) is 0 Å². The van der Waals surface area contributed by atoms with Crippen LogP contribution >= 0.6 is 0 Å². The lowest BCUT2D eigenvalue weighted by molar-refractivity contribution is -0.166. The molecule has 2 heteroatoms. The van der Waals surface area contributed by atoms with Gasteiger partial charge in [-0.05, 0) is 57.8 Å². The van der Waals surface area contributed by atoms with Crippen LogP contribution in [0.1, 0.15) is 90.9 Å². The van der Waals surface area contributed by atoms with Crippen LogP contribution < -0.4 is 0 Å². The van der Waals surface area contributed by atoms with Crippen molar-refractivity contribution in [3.05, 3.63) is 12.2 Å². The molecule has 1 aliphatic carbocycles. The zero-order valence-corrected chi connectivity index (χ0v) is 14.6. The number of fused-ring (bicyclic) bond motifs is 13. The molecule has 0 aromatic carbocycles. The van der Waals surface area contributed by atoms with E-state index in [0.29, 0.717) is 18.3 Å². The van der Waals surface area contributed by atoms with E-state index in [0.717, 1.165) is 6.42 Å². The SMILES string of the molecule is CC1(C)OC(=O)CCCCCCCCCC/C=C\C2CC1C2. The highest BCUT2D eigenvalue weighted by Crippen LogP contribution is 2.43. The monoisotopic (exact) mass is 306 g/mol. The lowest BCUT2D eigenvalue weighted by atomic mass is 9.67. The first-order valence-electron chi connectivity index (χ1n) is 9.46. The van der Waals surface area contributed by atoms with Gasteiger partial charge in [-0.25, -0.2) is 0 Å². The second-order valence-corrected chi connectivity index (χ2v) is 7.80. The first kappa shape index (κ1) is 17.6. The Hall–Kier alpha value is -0.790. The molecule has 0 radical (unpaired) electrons. The molecular weight excluding hydrogens is 272 g/mol. The fourth-order valence-corrected chi connectivity index (χ4v) is 3.70. The molecule has 22 heavy (non-hydrogen) atoms. The van der Waals surface area contributed by atoms with Crippen LogP contribution in [0.15, 0.2) is 12.2 Å². The summed E-state index contributed by atoms with van der Waals surface area (Å²) in [6, 6.07) is 0. The highest BCUT2D eigenvalue weighted by atomic mass is 16.6. The van der Waals surface area contributed by atoms with Crippen molar-refractivity contribution in [3.63, 3.8) is 0 Å². The van der Waals surface area contributed by atoms with Crippen molar-refractivity contribution in [2.24, 2.45) is 11.8 Å². The maximum absolute atomic E-state index is 12.0. The van der Waals surface area contributed by atoms with E-state index in [1.807, 2.05) is 0 Å². The van der Waals surface area contributed by atoms with Crippen molar-refractivity contribution >= 4 is 5.97 Å². The van der Waals surface area contributed by atoms with Gasteiger partial charge in [0, 0.05) is 6.42 Å². The quantitative estimate of drug-likeness (QED) is 0.417. The van der Waals surface area contributed by atoms with Crippen LogP contribution in [0.2, 0.25) is 0 Å². The van der Waals surface area contributed by atoms with Crippen molar-refractivity contribution < 1.29 is 9.53 Å². The normalized spacial score (nSPS) is 32.9. The standard InChI is InChI=1S/C20H34O2/c1-20(2)18-15-17(16-18)13-11-9-7-5-3-4-6-8-10-12-14-19(21)22-20/h11,13,17-18H,3-10,12,14-16H2,1-2H3/b13-11-. The summed E-state index contributed by atoms with van der Waals surface area (Å²) in [5, 5.41) is 0. The number of hydrogen-bond donors (Lipinski definition) is 0. The van der Waals surface area contributed by atoms with Crippen LogP contribution in [0, 0.1) is 11.8 Å². The maximum atomic E-state index is 12.0. The van der Waals surface area contributed by atoms with Crippen LogP contribution in [0.25, 0.3) is 0 Å². The summed E-state index contributed by atoms with van der Waals surface area (Å²) in [6.07, 6.45) is 19.1. The van der Waals surface area contributed by atoms with Gasteiger partial charge in [-0.15, -0.1) is 0 Å². The predicted molar refractivity (Wildman–Crippen MR) is 91.7 cm³/mol. The van der Waals surface area contributed by atoms with E-state index in [2.05, 4.69) is 26.0 Å². The number of rotatable bonds is 0. The van der Waals surface area contributed by atoms with Gasteiger partial charge in [0.05, 0.1) is 0 Å². The number of carbonyl (C=O) groups is 1. The molecule has 3 rings (SSSR count). The molecule has 0 atom stereocenters. The lowest BCUT2D eigenvalue weighted by Gasteiger charge is -2.43. The number of esters is 1. The Balaban J connectivity index is 1.83. The molecule has 1 fully saturated rings. The predicted octanol–water partition coefficient (Wildman–Crippen LogP) is 5.81. The zero-order chi connectivity index (χ0) is 15.8. The second kappa shape index (κ2) is 8.74. The van der Waals surface area contributed by atoms with E-state index in [-0.39, 0.29) is 11.6 Å². The summed E-state index contributed by atoms with van der Waals surface area (Å²) in [7, 11) is 0. The number of carbonyl (C=O) groups excluding carboxylic acids is 1. The Kier molecular flexibility index (Phi) is 6.98. The average Bonchev–Trinajstić information content (AvgIpc) is 2.40. The molecule has 0 amide bonds. The smallest absolute Gasteiger partial charge is 0.306 e. The molecule has 2 aliphatic heterocycles. The van der Waals surface area contributed by atoms with Crippen LogP contribution in [-0.4, -0.2) is 11.6 Å². The fourth-order valence-electron chi connectivity index (χ4n) is 3.70. The molecule has 0 saturated heterocycles. The number of hydrogen-bond acceptors (Lipinski definition) is 2. The highest BCUT2D eigenvalue weighted by Gasteiger charge is 2.41. The molecule has 0 unspecified atom stereocenters. The van der Waals surface area contributed by atoms with Gasteiger partial charge in [0.25, 0.3) is 0 Å². The van der Waals surface area contributed by atoms with E-state index < -0.39 is 0 Å². The van der Waals surface area contributed by atoms with Gasteiger partial charge < -0.3 is 4.74 Å². The Morgan fingerprint density at radius 3 is 2.23 bits per heavy atom. The minimum absolute atomic E-state index is 0.00473. The second-order valence-electron chi connectivity index (χ2n) is 7.80. The molecular formula is C20H34O2. The molecule has 0 aromatic rings. The fraction of sp³-hybridized carbons (Fsp3) is 0.850. The van der Waals surface area contributed by atoms with Crippen molar-refractivity contribution in [1.82, 2.24) is 0 Å². The first-order valence-corrected chi connectivity index (χ1v) is 9.46. The molecule has 1 saturated carbocycles. The summed E-state index contributed by atoms with van der Waals surface area (Å²) in [5.74, 6) is 1.25. The van der Waals surface area contributed by atoms with Gasteiger partial charge in [-0.3, -0.25) is 4.79 Å². The largest absolute Gasteiger partial charge is 0.459 e. The zero-order valence-electron chi connectivity index (χ0n) is 14.6. The van der Waals surface area contributed by atoms with E-state index >= 15 is 0 Å². The van der Waals surface area contributed by atoms with Gasteiger partial charge in [0.1, 0.15) is 5.60 Å². The lowest BCUT2D eigenvalue weighted by Crippen LogP contribution is -2.43. The van der Waals surface area contributed by atoms with Gasteiger partial charge in [-0.1, -0.05) is 50.7 Å². The molecule has 2 bridgehead atoms. The summed E-state index contributed by atoms with van der Waals surface area (Å²) in [4.78, 5) is 12.0. The molecule has 0 spiro atoms. The Bertz CT molecular complexity index is 364. The van der Waals surface area contributed by atoms with Crippen molar-refractivity contribution in [2.75, 3.05) is 0 Å². The average molecular weight is 306 g/mol.